The maximum Gasteiger partial charge on any atom is 0.151 e. The third-order valence-corrected chi connectivity index (χ3v) is 2.51. The molecule has 0 aromatic heterocycles. The molecule has 0 bridgehead atoms. The van der Waals surface area contributed by atoms with E-state index in [1.54, 1.807) is 19.1 Å². The standard InChI is InChI=1S/C11H13BrFNO/c1-3-4-11(14)15-10-5-7(2)9(13)6-8(10)12/h3,5-6,11H,1,4,14H2,2H3. The minimum atomic E-state index is -0.455. The van der Waals surface area contributed by atoms with E-state index in [1.807, 2.05) is 0 Å². The Morgan fingerprint density at radius 1 is 1.67 bits per heavy atom. The first-order valence-electron chi connectivity index (χ1n) is 4.53. The minimum absolute atomic E-state index is 0.272. The smallest absolute Gasteiger partial charge is 0.151 e. The number of halogens is 2. The zero-order chi connectivity index (χ0) is 11.4. The van der Waals surface area contributed by atoms with E-state index in [4.69, 9.17) is 10.5 Å². The van der Waals surface area contributed by atoms with E-state index < -0.39 is 6.23 Å². The molecule has 0 amide bonds. The number of hydrogen-bond acceptors (Lipinski definition) is 2. The molecule has 15 heavy (non-hydrogen) atoms. The van der Waals surface area contributed by atoms with Gasteiger partial charge in [-0.25, -0.2) is 4.39 Å². The number of rotatable bonds is 4. The van der Waals surface area contributed by atoms with Gasteiger partial charge < -0.3 is 4.74 Å². The summed E-state index contributed by atoms with van der Waals surface area (Å²) in [6, 6.07) is 2.98. The highest BCUT2D eigenvalue weighted by Gasteiger charge is 2.09. The molecule has 1 aromatic rings. The molecule has 1 rings (SSSR count). The van der Waals surface area contributed by atoms with Crippen LogP contribution >= 0.6 is 15.9 Å². The second kappa shape index (κ2) is 5.28. The van der Waals surface area contributed by atoms with Gasteiger partial charge in [0.25, 0.3) is 0 Å². The molecule has 1 aromatic carbocycles. The Bertz CT molecular complexity index is 368. The molecule has 0 radical (unpaired) electrons. The van der Waals surface area contributed by atoms with E-state index in [0.717, 1.165) is 0 Å². The number of hydrogen-bond donors (Lipinski definition) is 1. The molecule has 2 nitrogen and oxygen atoms in total. The van der Waals surface area contributed by atoms with Gasteiger partial charge in [0.05, 0.1) is 4.47 Å². The fourth-order valence-corrected chi connectivity index (χ4v) is 1.51. The number of nitrogens with two attached hydrogens (primary N) is 1. The van der Waals surface area contributed by atoms with Gasteiger partial charge in [0.1, 0.15) is 11.6 Å². The molecule has 0 heterocycles. The predicted octanol–water partition coefficient (Wildman–Crippen LogP) is 3.14. The average molecular weight is 274 g/mol. The summed E-state index contributed by atoms with van der Waals surface area (Å²) < 4.78 is 19.1. The number of benzene rings is 1. The SMILES string of the molecule is C=CCC(N)Oc1cc(C)c(F)cc1Br. The van der Waals surface area contributed by atoms with Gasteiger partial charge in [-0.2, -0.15) is 0 Å². The van der Waals surface area contributed by atoms with Crippen LogP contribution in [0, 0.1) is 12.7 Å². The van der Waals surface area contributed by atoms with Crippen LogP contribution in [0.1, 0.15) is 12.0 Å². The van der Waals surface area contributed by atoms with Crippen LogP contribution in [0.5, 0.6) is 5.75 Å². The molecule has 4 heteroatoms. The first-order chi connectivity index (χ1) is 7.04. The Kier molecular flexibility index (Phi) is 4.29. The van der Waals surface area contributed by atoms with Crippen LogP contribution in [0.4, 0.5) is 4.39 Å². The van der Waals surface area contributed by atoms with Crippen molar-refractivity contribution in [3.63, 3.8) is 0 Å². The van der Waals surface area contributed by atoms with Crippen LogP contribution in [0.25, 0.3) is 0 Å². The second-order valence-electron chi connectivity index (χ2n) is 3.21. The molecular weight excluding hydrogens is 261 g/mol. The van der Waals surface area contributed by atoms with E-state index >= 15 is 0 Å². The van der Waals surface area contributed by atoms with Gasteiger partial charge in [-0.15, -0.1) is 6.58 Å². The highest BCUT2D eigenvalue weighted by atomic mass is 79.9. The summed E-state index contributed by atoms with van der Waals surface area (Å²) in [5.74, 6) is 0.273. The third kappa shape index (κ3) is 3.32. The molecule has 0 aliphatic heterocycles. The molecule has 0 saturated carbocycles. The van der Waals surface area contributed by atoms with Gasteiger partial charge in [0.2, 0.25) is 0 Å². The lowest BCUT2D eigenvalue weighted by Gasteiger charge is -2.14. The fourth-order valence-electron chi connectivity index (χ4n) is 1.10. The van der Waals surface area contributed by atoms with Gasteiger partial charge in [-0.3, -0.25) is 5.73 Å². The van der Waals surface area contributed by atoms with Gasteiger partial charge >= 0.3 is 0 Å². The highest BCUT2D eigenvalue weighted by Crippen LogP contribution is 2.28. The fraction of sp³-hybridized carbons (Fsp3) is 0.273. The summed E-state index contributed by atoms with van der Waals surface area (Å²) in [6.07, 6.45) is 1.77. The Morgan fingerprint density at radius 3 is 2.93 bits per heavy atom. The van der Waals surface area contributed by atoms with E-state index in [9.17, 15) is 4.39 Å². The molecular formula is C11H13BrFNO. The molecule has 0 saturated heterocycles. The van der Waals surface area contributed by atoms with Crippen molar-refractivity contribution in [3.05, 3.63) is 40.6 Å². The highest BCUT2D eigenvalue weighted by molar-refractivity contribution is 9.10. The summed E-state index contributed by atoms with van der Waals surface area (Å²) in [4.78, 5) is 0. The van der Waals surface area contributed by atoms with Crippen LogP contribution in [0.2, 0.25) is 0 Å². The van der Waals surface area contributed by atoms with Crippen molar-refractivity contribution in [1.29, 1.82) is 0 Å². The summed E-state index contributed by atoms with van der Waals surface area (Å²) in [5, 5.41) is 0. The molecule has 0 aliphatic rings. The molecule has 0 spiro atoms. The summed E-state index contributed by atoms with van der Waals surface area (Å²) in [7, 11) is 0. The van der Waals surface area contributed by atoms with E-state index in [2.05, 4.69) is 22.5 Å². The largest absolute Gasteiger partial charge is 0.474 e. The topological polar surface area (TPSA) is 35.2 Å². The zero-order valence-electron chi connectivity index (χ0n) is 8.47. The number of ether oxygens (including phenoxy) is 1. The van der Waals surface area contributed by atoms with E-state index in [0.29, 0.717) is 22.2 Å². The minimum Gasteiger partial charge on any atom is -0.474 e. The molecule has 1 atom stereocenters. The van der Waals surface area contributed by atoms with Crippen LogP contribution in [-0.2, 0) is 0 Å². The van der Waals surface area contributed by atoms with Crippen molar-refractivity contribution in [2.75, 3.05) is 0 Å². The van der Waals surface area contributed by atoms with Gasteiger partial charge in [0, 0.05) is 6.42 Å². The second-order valence-corrected chi connectivity index (χ2v) is 4.07. The lowest BCUT2D eigenvalue weighted by atomic mass is 10.2. The van der Waals surface area contributed by atoms with Crippen molar-refractivity contribution in [2.24, 2.45) is 5.73 Å². The van der Waals surface area contributed by atoms with E-state index in [-0.39, 0.29) is 5.82 Å². The maximum absolute atomic E-state index is 13.1. The lowest BCUT2D eigenvalue weighted by molar-refractivity contribution is 0.211. The van der Waals surface area contributed by atoms with Crippen molar-refractivity contribution in [2.45, 2.75) is 19.6 Å². The first-order valence-corrected chi connectivity index (χ1v) is 5.32. The monoisotopic (exact) mass is 273 g/mol. The maximum atomic E-state index is 13.1. The molecule has 2 N–H and O–H groups in total. The Balaban J connectivity index is 2.85. The molecule has 0 fully saturated rings. The van der Waals surface area contributed by atoms with Crippen LogP contribution in [0.15, 0.2) is 29.3 Å². The Labute approximate surface area is 97.1 Å². The third-order valence-electron chi connectivity index (χ3n) is 1.89. The van der Waals surface area contributed by atoms with Crippen molar-refractivity contribution >= 4 is 15.9 Å². The zero-order valence-corrected chi connectivity index (χ0v) is 10.1. The van der Waals surface area contributed by atoms with Crippen LogP contribution in [-0.4, -0.2) is 6.23 Å². The summed E-state index contributed by atoms with van der Waals surface area (Å²) >= 11 is 3.21. The summed E-state index contributed by atoms with van der Waals surface area (Å²) in [5.41, 5.74) is 6.19. The van der Waals surface area contributed by atoms with Crippen LogP contribution < -0.4 is 10.5 Å². The normalized spacial score (nSPS) is 12.3. The van der Waals surface area contributed by atoms with Crippen molar-refractivity contribution < 1.29 is 9.13 Å². The quantitative estimate of drug-likeness (QED) is 0.676. The lowest BCUT2D eigenvalue weighted by Crippen LogP contribution is -2.26. The molecule has 0 aliphatic carbocycles. The van der Waals surface area contributed by atoms with Crippen molar-refractivity contribution in [1.82, 2.24) is 0 Å². The first kappa shape index (κ1) is 12.2. The van der Waals surface area contributed by atoms with E-state index in [1.165, 1.54) is 6.07 Å². The van der Waals surface area contributed by atoms with Crippen molar-refractivity contribution in [3.8, 4) is 5.75 Å². The average Bonchev–Trinajstić information content (AvgIpc) is 2.14. The molecule has 82 valence electrons. The van der Waals surface area contributed by atoms with Crippen LogP contribution in [0.3, 0.4) is 0 Å². The summed E-state index contributed by atoms with van der Waals surface area (Å²) in [6.45, 7) is 5.24. The van der Waals surface area contributed by atoms with Gasteiger partial charge in [-0.1, -0.05) is 6.08 Å². The van der Waals surface area contributed by atoms with Gasteiger partial charge in [-0.05, 0) is 40.5 Å². The Hall–Kier alpha value is -0.870. The van der Waals surface area contributed by atoms with Gasteiger partial charge in [0.15, 0.2) is 6.23 Å². The predicted molar refractivity (Wildman–Crippen MR) is 62.3 cm³/mol. The number of aryl methyl sites for hydroxylation is 1. The molecule has 1 unspecified atom stereocenters. The Morgan fingerprint density at radius 2 is 2.33 bits per heavy atom.